The summed E-state index contributed by atoms with van der Waals surface area (Å²) in [5.41, 5.74) is 3.60. The van der Waals surface area contributed by atoms with Crippen molar-refractivity contribution in [2.24, 2.45) is 5.92 Å². The minimum Gasteiger partial charge on any atom is -0.359 e. The van der Waals surface area contributed by atoms with E-state index in [1.807, 2.05) is 0 Å². The highest BCUT2D eigenvalue weighted by Crippen LogP contribution is 2.23. The average molecular weight is 276 g/mol. The van der Waals surface area contributed by atoms with E-state index in [2.05, 4.69) is 49.6 Å². The third-order valence-electron chi connectivity index (χ3n) is 3.91. The van der Waals surface area contributed by atoms with Crippen LogP contribution in [-0.2, 0) is 0 Å². The summed E-state index contributed by atoms with van der Waals surface area (Å²) in [7, 11) is 0. The number of rotatable bonds is 2. The van der Waals surface area contributed by atoms with Crippen molar-refractivity contribution in [1.82, 2.24) is 5.32 Å². The lowest BCUT2D eigenvalue weighted by Crippen LogP contribution is -2.43. The Hall–Kier alpha value is -1.09. The van der Waals surface area contributed by atoms with E-state index in [1.54, 1.807) is 0 Å². The quantitative estimate of drug-likeness (QED) is 0.793. The second-order valence-electron chi connectivity index (χ2n) is 5.84. The highest BCUT2D eigenvalue weighted by molar-refractivity contribution is 7.80. The van der Waals surface area contributed by atoms with Crippen LogP contribution in [0.25, 0.3) is 0 Å². The average Bonchev–Trinajstić information content (AvgIpc) is 2.30. The molecule has 1 saturated carbocycles. The maximum Gasteiger partial charge on any atom is 0.171 e. The maximum absolute atomic E-state index is 5.43. The molecule has 2 atom stereocenters. The number of anilines is 1. The summed E-state index contributed by atoms with van der Waals surface area (Å²) >= 11 is 5.43. The largest absolute Gasteiger partial charge is 0.359 e. The molecule has 1 aromatic rings. The minimum atomic E-state index is 0.527. The van der Waals surface area contributed by atoms with Crippen LogP contribution >= 0.6 is 12.2 Å². The van der Waals surface area contributed by atoms with Gasteiger partial charge in [-0.2, -0.15) is 0 Å². The maximum atomic E-state index is 5.43. The van der Waals surface area contributed by atoms with Crippen LogP contribution in [0.3, 0.4) is 0 Å². The van der Waals surface area contributed by atoms with Crippen molar-refractivity contribution in [1.29, 1.82) is 0 Å². The van der Waals surface area contributed by atoms with Gasteiger partial charge < -0.3 is 10.6 Å². The molecule has 1 aromatic carbocycles. The lowest BCUT2D eigenvalue weighted by molar-refractivity contribution is 0.309. The van der Waals surface area contributed by atoms with Crippen molar-refractivity contribution in [2.45, 2.75) is 52.5 Å². The summed E-state index contributed by atoms with van der Waals surface area (Å²) in [5, 5.41) is 7.54. The number of thiocarbonyl (C=S) groups is 1. The molecule has 3 heteroatoms. The molecule has 19 heavy (non-hydrogen) atoms. The molecule has 1 aliphatic carbocycles. The number of aryl methyl sites for hydroxylation is 2. The second kappa shape index (κ2) is 6.38. The lowest BCUT2D eigenvalue weighted by Gasteiger charge is -2.30. The second-order valence-corrected chi connectivity index (χ2v) is 6.25. The Morgan fingerprint density at radius 1 is 1.11 bits per heavy atom. The molecule has 0 amide bonds. The Bertz CT molecular complexity index is 436. The van der Waals surface area contributed by atoms with Crippen LogP contribution in [0.2, 0.25) is 0 Å². The number of hydrogen-bond donors (Lipinski definition) is 2. The molecule has 2 rings (SSSR count). The zero-order valence-corrected chi connectivity index (χ0v) is 12.9. The zero-order chi connectivity index (χ0) is 13.8. The smallest absolute Gasteiger partial charge is 0.171 e. The van der Waals surface area contributed by atoms with Gasteiger partial charge in [-0.25, -0.2) is 0 Å². The Labute approximate surface area is 122 Å². The Balaban J connectivity index is 1.93. The first-order chi connectivity index (χ1) is 9.04. The van der Waals surface area contributed by atoms with Crippen LogP contribution < -0.4 is 10.6 Å². The van der Waals surface area contributed by atoms with Crippen molar-refractivity contribution in [2.75, 3.05) is 5.32 Å². The molecular weight excluding hydrogens is 252 g/mol. The molecule has 2 N–H and O–H groups in total. The van der Waals surface area contributed by atoms with Crippen molar-refractivity contribution in [3.8, 4) is 0 Å². The van der Waals surface area contributed by atoms with E-state index in [9.17, 15) is 0 Å². The van der Waals surface area contributed by atoms with E-state index in [4.69, 9.17) is 12.2 Å². The van der Waals surface area contributed by atoms with E-state index >= 15 is 0 Å². The topological polar surface area (TPSA) is 24.1 Å². The first-order valence-corrected chi connectivity index (χ1v) is 7.61. The number of benzene rings is 1. The van der Waals surface area contributed by atoms with Crippen molar-refractivity contribution >= 4 is 23.0 Å². The summed E-state index contributed by atoms with van der Waals surface area (Å²) in [5.74, 6) is 0.716. The predicted molar refractivity (Wildman–Crippen MR) is 86.7 cm³/mol. The van der Waals surface area contributed by atoms with Crippen LogP contribution in [0.4, 0.5) is 5.69 Å². The molecule has 0 bridgehead atoms. The molecule has 0 radical (unpaired) electrons. The third kappa shape index (κ3) is 4.20. The van der Waals surface area contributed by atoms with E-state index in [0.717, 1.165) is 10.8 Å². The minimum absolute atomic E-state index is 0.527. The van der Waals surface area contributed by atoms with Crippen LogP contribution in [0, 0.1) is 19.8 Å². The summed E-state index contributed by atoms with van der Waals surface area (Å²) in [6.45, 7) is 6.53. The van der Waals surface area contributed by atoms with Gasteiger partial charge in [0.15, 0.2) is 5.11 Å². The summed E-state index contributed by atoms with van der Waals surface area (Å²) in [4.78, 5) is 0. The van der Waals surface area contributed by atoms with Gasteiger partial charge >= 0.3 is 0 Å². The molecule has 1 fully saturated rings. The fraction of sp³-hybridized carbons (Fsp3) is 0.562. The molecule has 104 valence electrons. The predicted octanol–water partition coefficient (Wildman–Crippen LogP) is 4.17. The van der Waals surface area contributed by atoms with Gasteiger partial charge in [-0.3, -0.25) is 0 Å². The van der Waals surface area contributed by atoms with Gasteiger partial charge in [0.05, 0.1) is 0 Å². The monoisotopic (exact) mass is 276 g/mol. The van der Waals surface area contributed by atoms with Crippen molar-refractivity contribution < 1.29 is 0 Å². The Morgan fingerprint density at radius 3 is 2.37 bits per heavy atom. The van der Waals surface area contributed by atoms with E-state index in [0.29, 0.717) is 12.0 Å². The molecule has 2 nitrogen and oxygen atoms in total. The van der Waals surface area contributed by atoms with Crippen LogP contribution in [0.1, 0.15) is 43.7 Å². The van der Waals surface area contributed by atoms with Crippen molar-refractivity contribution in [3.63, 3.8) is 0 Å². The van der Waals surface area contributed by atoms with Gasteiger partial charge in [0.2, 0.25) is 0 Å². The highest BCUT2D eigenvalue weighted by Gasteiger charge is 2.21. The Kier molecular flexibility index (Phi) is 4.81. The van der Waals surface area contributed by atoms with Gasteiger partial charge in [-0.05, 0) is 68.1 Å². The zero-order valence-electron chi connectivity index (χ0n) is 12.1. The number of hydrogen-bond acceptors (Lipinski definition) is 1. The van der Waals surface area contributed by atoms with E-state index < -0.39 is 0 Å². The highest BCUT2D eigenvalue weighted by atomic mass is 32.1. The Morgan fingerprint density at radius 2 is 1.74 bits per heavy atom. The molecule has 1 aliphatic rings. The molecule has 0 aromatic heterocycles. The molecule has 0 spiro atoms. The molecular formula is C16H24N2S. The van der Waals surface area contributed by atoms with Gasteiger partial charge in [0.25, 0.3) is 0 Å². The van der Waals surface area contributed by atoms with E-state index in [1.165, 1.54) is 36.8 Å². The van der Waals surface area contributed by atoms with E-state index in [-0.39, 0.29) is 0 Å². The van der Waals surface area contributed by atoms with Gasteiger partial charge in [0.1, 0.15) is 0 Å². The first kappa shape index (κ1) is 14.3. The van der Waals surface area contributed by atoms with Gasteiger partial charge in [-0.1, -0.05) is 25.8 Å². The van der Waals surface area contributed by atoms with Gasteiger partial charge in [0, 0.05) is 11.7 Å². The molecule has 0 saturated heterocycles. The first-order valence-electron chi connectivity index (χ1n) is 7.20. The normalized spacial score (nSPS) is 22.9. The summed E-state index contributed by atoms with van der Waals surface area (Å²) < 4.78 is 0. The fourth-order valence-electron chi connectivity index (χ4n) is 2.91. The number of nitrogens with one attached hydrogen (secondary N) is 2. The fourth-order valence-corrected chi connectivity index (χ4v) is 3.18. The SMILES string of the molecule is Cc1cc(C)cc(NC(=S)N[C@H]2CCCC[C@H]2C)c1. The van der Waals surface area contributed by atoms with Crippen LogP contribution in [0.5, 0.6) is 0 Å². The van der Waals surface area contributed by atoms with Gasteiger partial charge in [-0.15, -0.1) is 0 Å². The van der Waals surface area contributed by atoms with Crippen LogP contribution in [-0.4, -0.2) is 11.2 Å². The summed E-state index contributed by atoms with van der Waals surface area (Å²) in [6, 6.07) is 6.96. The van der Waals surface area contributed by atoms with Crippen molar-refractivity contribution in [3.05, 3.63) is 29.3 Å². The lowest BCUT2D eigenvalue weighted by atomic mass is 9.86. The standard InChI is InChI=1S/C16H24N2S/c1-11-8-12(2)10-14(9-11)17-16(19)18-15-7-5-4-6-13(15)3/h8-10,13,15H,4-7H2,1-3H3,(H2,17,18,19)/t13-,15+/m1/s1. The van der Waals surface area contributed by atoms with Crippen LogP contribution in [0.15, 0.2) is 18.2 Å². The molecule has 0 unspecified atom stereocenters. The third-order valence-corrected chi connectivity index (χ3v) is 4.13. The molecule has 0 heterocycles. The molecule has 0 aliphatic heterocycles. The summed E-state index contributed by atoms with van der Waals surface area (Å²) in [6.07, 6.45) is 5.21.